The van der Waals surface area contributed by atoms with Crippen LogP contribution >= 0.6 is 0 Å². The Balaban J connectivity index is 0.978. The number of benzene rings is 10. The van der Waals surface area contributed by atoms with E-state index in [0.717, 1.165) is 17.1 Å². The first-order valence-electron chi connectivity index (χ1n) is 22.8. The van der Waals surface area contributed by atoms with Crippen LogP contribution in [0.2, 0.25) is 0 Å². The van der Waals surface area contributed by atoms with E-state index in [1.165, 1.54) is 114 Å². The first-order chi connectivity index (χ1) is 31.7. The largest absolute Gasteiger partial charge is 0.310 e. The fraction of sp³-hybridized carbons (Fsp3) is 0.0794. The summed E-state index contributed by atoms with van der Waals surface area (Å²) in [5.41, 5.74) is 21.5. The van der Waals surface area contributed by atoms with Gasteiger partial charge in [-0.15, -0.1) is 0 Å². The summed E-state index contributed by atoms with van der Waals surface area (Å²) in [6, 6.07) is 87.4. The zero-order valence-corrected chi connectivity index (χ0v) is 35.8. The van der Waals surface area contributed by atoms with Crippen LogP contribution in [0, 0.1) is 0 Å². The Kier molecular flexibility index (Phi) is 9.42. The zero-order valence-electron chi connectivity index (χ0n) is 35.8. The van der Waals surface area contributed by atoms with E-state index < -0.39 is 0 Å². The monoisotopic (exact) mass is 817 g/mol. The van der Waals surface area contributed by atoms with Crippen molar-refractivity contribution in [3.8, 4) is 66.8 Å². The molecule has 0 saturated heterocycles. The van der Waals surface area contributed by atoms with Gasteiger partial charge in [0.1, 0.15) is 0 Å². The molecule has 0 bridgehead atoms. The van der Waals surface area contributed by atoms with E-state index in [2.05, 4.69) is 241 Å². The molecule has 2 aliphatic rings. The Hall–Kier alpha value is -7.74. The summed E-state index contributed by atoms with van der Waals surface area (Å²) < 4.78 is 0. The van der Waals surface area contributed by atoms with Crippen molar-refractivity contribution in [2.24, 2.45) is 0 Å². The number of para-hydroxylation sites is 1. The third-order valence-corrected chi connectivity index (χ3v) is 14.1. The van der Waals surface area contributed by atoms with E-state index in [0.29, 0.717) is 0 Å². The maximum absolute atomic E-state index is 2.51. The Morgan fingerprint density at radius 3 is 1.44 bits per heavy atom. The molecule has 0 atom stereocenters. The third kappa shape index (κ3) is 6.47. The highest BCUT2D eigenvalue weighted by Gasteiger charge is 2.44. The lowest BCUT2D eigenvalue weighted by Gasteiger charge is -2.29. The summed E-state index contributed by atoms with van der Waals surface area (Å²) >= 11 is 0. The number of hydrogen-bond acceptors (Lipinski definition) is 1. The van der Waals surface area contributed by atoms with Gasteiger partial charge in [-0.3, -0.25) is 0 Å². The summed E-state index contributed by atoms with van der Waals surface area (Å²) in [4.78, 5) is 2.44. The lowest BCUT2D eigenvalue weighted by atomic mass is 9.76. The Morgan fingerprint density at radius 1 is 0.281 bits per heavy atom. The summed E-state index contributed by atoms with van der Waals surface area (Å²) in [5, 5.41) is 2.50. The van der Waals surface area contributed by atoms with E-state index in [4.69, 9.17) is 0 Å². The van der Waals surface area contributed by atoms with Gasteiger partial charge in [-0.25, -0.2) is 0 Å². The molecule has 1 nitrogen and oxygen atoms in total. The van der Waals surface area contributed by atoms with E-state index in [-0.39, 0.29) is 5.41 Å². The zero-order chi connectivity index (χ0) is 42.5. The van der Waals surface area contributed by atoms with Crippen LogP contribution in [0.4, 0.5) is 17.1 Å². The first kappa shape index (κ1) is 38.0. The van der Waals surface area contributed by atoms with Crippen molar-refractivity contribution in [1.82, 2.24) is 0 Å². The fourth-order valence-corrected chi connectivity index (χ4v) is 11.0. The van der Waals surface area contributed by atoms with Crippen molar-refractivity contribution in [2.45, 2.75) is 31.1 Å². The predicted molar refractivity (Wildman–Crippen MR) is 270 cm³/mol. The molecular formula is C63H47N. The van der Waals surface area contributed by atoms with Crippen LogP contribution in [-0.4, -0.2) is 0 Å². The van der Waals surface area contributed by atoms with Crippen molar-refractivity contribution < 1.29 is 0 Å². The SMILES string of the molecule is c1ccc(-c2ccccc2-c2ccccc2-c2ccccc2N(c2ccc(-c3ccc4c(c3)C3(CCCC3)c3ccccc3-4)cc2)c2ccc(-c3ccc4ccccc4c3)cc2)cc1. The first-order valence-corrected chi connectivity index (χ1v) is 22.8. The van der Waals surface area contributed by atoms with Crippen LogP contribution in [0.5, 0.6) is 0 Å². The van der Waals surface area contributed by atoms with Gasteiger partial charge in [0.25, 0.3) is 0 Å². The maximum atomic E-state index is 2.51. The third-order valence-electron chi connectivity index (χ3n) is 14.1. The van der Waals surface area contributed by atoms with Gasteiger partial charge in [-0.2, -0.15) is 0 Å². The Labute approximate surface area is 376 Å². The second-order valence-corrected chi connectivity index (χ2v) is 17.6. The summed E-state index contributed by atoms with van der Waals surface area (Å²) in [7, 11) is 0. The summed E-state index contributed by atoms with van der Waals surface area (Å²) in [6.07, 6.45) is 5.04. The van der Waals surface area contributed by atoms with Gasteiger partial charge >= 0.3 is 0 Å². The van der Waals surface area contributed by atoms with Crippen molar-refractivity contribution in [2.75, 3.05) is 4.90 Å². The molecule has 12 rings (SSSR count). The highest BCUT2D eigenvalue weighted by atomic mass is 15.1. The van der Waals surface area contributed by atoms with Gasteiger partial charge in [-0.05, 0) is 138 Å². The molecule has 10 aromatic rings. The number of fused-ring (bicyclic) bond motifs is 6. The second kappa shape index (κ2) is 15.9. The molecule has 0 radical (unpaired) electrons. The second-order valence-electron chi connectivity index (χ2n) is 17.6. The van der Waals surface area contributed by atoms with Crippen LogP contribution in [0.3, 0.4) is 0 Å². The minimum absolute atomic E-state index is 0.138. The standard InChI is InChI=1S/C63H47N/c1-2-17-47(18-3-1)53-20-6-7-21-54(53)55-22-8-9-23-56(55)59-25-11-13-27-62(59)64(51-35-30-45(31-36-51)49-29-28-44-16-4-5-19-48(44)42-49)52-37-32-46(33-38-52)50-34-39-58-57-24-10-12-26-60(57)63(61(58)43-50)40-14-15-41-63/h1-13,16-39,42-43H,14-15,40-41H2. The predicted octanol–water partition coefficient (Wildman–Crippen LogP) is 17.5. The van der Waals surface area contributed by atoms with Gasteiger partial charge in [0.15, 0.2) is 0 Å². The lowest BCUT2D eigenvalue weighted by Crippen LogP contribution is -2.20. The molecule has 1 saturated carbocycles. The van der Waals surface area contributed by atoms with Gasteiger partial charge in [0.05, 0.1) is 5.69 Å². The average molecular weight is 818 g/mol. The highest BCUT2D eigenvalue weighted by molar-refractivity contribution is 5.97. The normalized spacial score (nSPS) is 13.5. The van der Waals surface area contributed by atoms with Crippen molar-refractivity contribution in [3.05, 3.63) is 248 Å². The van der Waals surface area contributed by atoms with Crippen LogP contribution in [0.1, 0.15) is 36.8 Å². The smallest absolute Gasteiger partial charge is 0.0540 e. The Morgan fingerprint density at radius 2 is 0.750 bits per heavy atom. The molecule has 10 aromatic carbocycles. The molecule has 1 fully saturated rings. The molecule has 1 spiro atoms. The summed E-state index contributed by atoms with van der Waals surface area (Å²) in [5.74, 6) is 0. The molecular weight excluding hydrogens is 771 g/mol. The van der Waals surface area contributed by atoms with Crippen LogP contribution < -0.4 is 4.90 Å². The molecule has 0 heterocycles. The van der Waals surface area contributed by atoms with Crippen LogP contribution in [0.25, 0.3) is 77.5 Å². The van der Waals surface area contributed by atoms with Crippen LogP contribution in [0.15, 0.2) is 237 Å². The number of nitrogens with zero attached hydrogens (tertiary/aromatic N) is 1. The minimum atomic E-state index is 0.138. The molecule has 0 amide bonds. The maximum Gasteiger partial charge on any atom is 0.0540 e. The molecule has 0 unspecified atom stereocenters. The average Bonchev–Trinajstić information content (AvgIpc) is 3.98. The molecule has 304 valence electrons. The molecule has 64 heavy (non-hydrogen) atoms. The van der Waals surface area contributed by atoms with E-state index in [9.17, 15) is 0 Å². The fourth-order valence-electron chi connectivity index (χ4n) is 11.0. The number of rotatable bonds is 8. The summed E-state index contributed by atoms with van der Waals surface area (Å²) in [6.45, 7) is 0. The minimum Gasteiger partial charge on any atom is -0.310 e. The topological polar surface area (TPSA) is 3.24 Å². The quantitative estimate of drug-likeness (QED) is 0.148. The van der Waals surface area contributed by atoms with Crippen molar-refractivity contribution >= 4 is 27.8 Å². The van der Waals surface area contributed by atoms with Gasteiger partial charge in [-0.1, -0.05) is 207 Å². The molecule has 0 aromatic heterocycles. The van der Waals surface area contributed by atoms with Crippen molar-refractivity contribution in [1.29, 1.82) is 0 Å². The van der Waals surface area contributed by atoms with Crippen molar-refractivity contribution in [3.63, 3.8) is 0 Å². The molecule has 2 aliphatic carbocycles. The van der Waals surface area contributed by atoms with E-state index in [1.54, 1.807) is 0 Å². The van der Waals surface area contributed by atoms with Crippen LogP contribution in [-0.2, 0) is 5.41 Å². The van der Waals surface area contributed by atoms with E-state index in [1.807, 2.05) is 0 Å². The molecule has 0 aliphatic heterocycles. The Bertz CT molecular complexity index is 3320. The highest BCUT2D eigenvalue weighted by Crippen LogP contribution is 2.57. The number of anilines is 3. The number of hydrogen-bond donors (Lipinski definition) is 0. The van der Waals surface area contributed by atoms with Gasteiger partial charge in [0.2, 0.25) is 0 Å². The van der Waals surface area contributed by atoms with Gasteiger partial charge in [0, 0.05) is 22.4 Å². The van der Waals surface area contributed by atoms with E-state index >= 15 is 0 Å². The molecule has 1 heteroatoms. The molecule has 0 N–H and O–H groups in total. The van der Waals surface area contributed by atoms with Gasteiger partial charge < -0.3 is 4.90 Å². The lowest BCUT2D eigenvalue weighted by molar-refractivity contribution is 0.550.